The molecule has 78 valence electrons. The number of nitrogens with zero attached hydrogens (tertiary/aromatic N) is 1. The first-order chi connectivity index (χ1) is 6.65. The molecular weight excluding hydrogens is 242 g/mol. The average molecular weight is 258 g/mol. The van der Waals surface area contributed by atoms with E-state index in [2.05, 4.69) is 33.0 Å². The molecule has 3 heteroatoms. The molecule has 2 nitrogen and oxygen atoms in total. The zero-order chi connectivity index (χ0) is 10.6. The third-order valence-corrected chi connectivity index (χ3v) is 3.27. The minimum Gasteiger partial charge on any atom is -0.494 e. The summed E-state index contributed by atoms with van der Waals surface area (Å²) in [4.78, 5) is 2.37. The standard InChI is InChI=1S/C11H16BrNO/c1-4-14-10-7-5-9(6-8-10)11(12)13(2)3/h5-8,11H,4H2,1-3H3. The normalized spacial score (nSPS) is 12.9. The predicted molar refractivity (Wildman–Crippen MR) is 63.0 cm³/mol. The van der Waals surface area contributed by atoms with Crippen LogP contribution in [0.3, 0.4) is 0 Å². The summed E-state index contributed by atoms with van der Waals surface area (Å²) in [5.41, 5.74) is 1.23. The maximum Gasteiger partial charge on any atom is 0.119 e. The van der Waals surface area contributed by atoms with Crippen LogP contribution in [0.2, 0.25) is 0 Å². The monoisotopic (exact) mass is 257 g/mol. The number of hydrogen-bond acceptors (Lipinski definition) is 2. The van der Waals surface area contributed by atoms with E-state index in [1.807, 2.05) is 33.2 Å². The van der Waals surface area contributed by atoms with Gasteiger partial charge in [0, 0.05) is 0 Å². The Bertz CT molecular complexity index is 271. The van der Waals surface area contributed by atoms with E-state index in [9.17, 15) is 0 Å². The zero-order valence-electron chi connectivity index (χ0n) is 8.83. The molecule has 1 aromatic rings. The molecule has 0 aromatic heterocycles. The molecule has 14 heavy (non-hydrogen) atoms. The third kappa shape index (κ3) is 3.00. The van der Waals surface area contributed by atoms with E-state index in [0.717, 1.165) is 5.75 Å². The van der Waals surface area contributed by atoms with Crippen molar-refractivity contribution in [3.05, 3.63) is 29.8 Å². The summed E-state index contributed by atoms with van der Waals surface area (Å²) >= 11 is 3.60. The van der Waals surface area contributed by atoms with Gasteiger partial charge in [0.1, 0.15) is 5.75 Å². The van der Waals surface area contributed by atoms with Crippen molar-refractivity contribution in [1.82, 2.24) is 4.90 Å². The number of hydrogen-bond donors (Lipinski definition) is 0. The van der Waals surface area contributed by atoms with E-state index < -0.39 is 0 Å². The van der Waals surface area contributed by atoms with Crippen molar-refractivity contribution in [2.75, 3.05) is 20.7 Å². The van der Waals surface area contributed by atoms with Crippen LogP contribution >= 0.6 is 15.9 Å². The van der Waals surface area contributed by atoms with Crippen LogP contribution in [0.15, 0.2) is 24.3 Å². The smallest absolute Gasteiger partial charge is 0.119 e. The van der Waals surface area contributed by atoms with Crippen molar-refractivity contribution in [3.63, 3.8) is 0 Å². The van der Waals surface area contributed by atoms with Crippen LogP contribution in [0.1, 0.15) is 17.4 Å². The molecule has 0 saturated carbocycles. The molecule has 0 bridgehead atoms. The fourth-order valence-corrected chi connectivity index (χ4v) is 1.49. The van der Waals surface area contributed by atoms with E-state index in [0.29, 0.717) is 6.61 Å². The summed E-state index contributed by atoms with van der Waals surface area (Å²) in [7, 11) is 4.08. The van der Waals surface area contributed by atoms with Crippen molar-refractivity contribution < 1.29 is 4.74 Å². The van der Waals surface area contributed by atoms with E-state index in [1.165, 1.54) is 5.56 Å². The maximum atomic E-state index is 5.37. The van der Waals surface area contributed by atoms with Gasteiger partial charge in [0.15, 0.2) is 0 Å². The Morgan fingerprint density at radius 3 is 2.29 bits per heavy atom. The number of rotatable bonds is 4. The lowest BCUT2D eigenvalue weighted by Crippen LogP contribution is -2.14. The molecule has 0 radical (unpaired) electrons. The molecular formula is C11H16BrNO. The Kier molecular flexibility index (Phi) is 4.42. The molecule has 1 unspecified atom stereocenters. The molecule has 1 atom stereocenters. The number of benzene rings is 1. The number of halogens is 1. The molecule has 0 spiro atoms. The second kappa shape index (κ2) is 5.37. The molecule has 0 aliphatic heterocycles. The Labute approximate surface area is 94.0 Å². The lowest BCUT2D eigenvalue weighted by molar-refractivity contribution is 0.339. The van der Waals surface area contributed by atoms with E-state index in [-0.39, 0.29) is 4.95 Å². The van der Waals surface area contributed by atoms with E-state index in [4.69, 9.17) is 4.74 Å². The molecule has 0 N–H and O–H groups in total. The minimum atomic E-state index is 0.262. The molecule has 0 fully saturated rings. The molecule has 0 aliphatic carbocycles. The van der Waals surface area contributed by atoms with E-state index >= 15 is 0 Å². The quantitative estimate of drug-likeness (QED) is 0.608. The van der Waals surface area contributed by atoms with Gasteiger partial charge < -0.3 is 4.74 Å². The maximum absolute atomic E-state index is 5.37. The summed E-state index contributed by atoms with van der Waals surface area (Å²) in [5.74, 6) is 0.926. The van der Waals surface area contributed by atoms with Gasteiger partial charge in [-0.3, -0.25) is 4.90 Å². The Hall–Kier alpha value is -0.540. The fourth-order valence-electron chi connectivity index (χ4n) is 1.19. The SMILES string of the molecule is CCOc1ccc(C(Br)N(C)C)cc1. The molecule has 1 rings (SSSR count). The molecule has 0 amide bonds. The summed E-state index contributed by atoms with van der Waals surface area (Å²) in [6.45, 7) is 2.70. The lowest BCUT2D eigenvalue weighted by Gasteiger charge is -2.18. The summed E-state index contributed by atoms with van der Waals surface area (Å²) < 4.78 is 5.37. The van der Waals surface area contributed by atoms with Gasteiger partial charge in [-0.1, -0.05) is 28.1 Å². The first-order valence-corrected chi connectivity index (χ1v) is 5.60. The molecule has 0 aliphatic rings. The highest BCUT2D eigenvalue weighted by atomic mass is 79.9. The van der Waals surface area contributed by atoms with Gasteiger partial charge in [0.25, 0.3) is 0 Å². The molecule has 0 saturated heterocycles. The topological polar surface area (TPSA) is 12.5 Å². The lowest BCUT2D eigenvalue weighted by atomic mass is 10.2. The number of alkyl halides is 1. The minimum absolute atomic E-state index is 0.262. The summed E-state index contributed by atoms with van der Waals surface area (Å²) in [5, 5.41) is 0. The van der Waals surface area contributed by atoms with Crippen LogP contribution < -0.4 is 4.74 Å². The number of ether oxygens (including phenoxy) is 1. The van der Waals surface area contributed by atoms with Crippen LogP contribution in [0.25, 0.3) is 0 Å². The second-order valence-corrected chi connectivity index (χ2v) is 4.17. The average Bonchev–Trinajstić information content (AvgIpc) is 2.18. The molecule has 0 heterocycles. The van der Waals surface area contributed by atoms with Gasteiger partial charge in [-0.05, 0) is 38.7 Å². The first-order valence-electron chi connectivity index (χ1n) is 4.68. The highest BCUT2D eigenvalue weighted by Gasteiger charge is 2.08. The largest absolute Gasteiger partial charge is 0.494 e. The Morgan fingerprint density at radius 2 is 1.86 bits per heavy atom. The van der Waals surface area contributed by atoms with Gasteiger partial charge in [-0.25, -0.2) is 0 Å². The highest BCUT2D eigenvalue weighted by Crippen LogP contribution is 2.26. The van der Waals surface area contributed by atoms with Crippen molar-refractivity contribution >= 4 is 15.9 Å². The third-order valence-electron chi connectivity index (χ3n) is 1.92. The van der Waals surface area contributed by atoms with Crippen molar-refractivity contribution in [3.8, 4) is 5.75 Å². The van der Waals surface area contributed by atoms with Crippen LogP contribution in [0, 0.1) is 0 Å². The van der Waals surface area contributed by atoms with Gasteiger partial charge in [-0.2, -0.15) is 0 Å². The summed E-state index contributed by atoms with van der Waals surface area (Å²) in [6, 6.07) is 8.14. The molecule has 1 aromatic carbocycles. The zero-order valence-corrected chi connectivity index (χ0v) is 10.4. The second-order valence-electron chi connectivity index (χ2n) is 3.30. The van der Waals surface area contributed by atoms with Crippen LogP contribution in [0.5, 0.6) is 5.75 Å². The summed E-state index contributed by atoms with van der Waals surface area (Å²) in [6.07, 6.45) is 0. The Balaban J connectivity index is 2.72. The van der Waals surface area contributed by atoms with Gasteiger partial charge in [0.2, 0.25) is 0 Å². The Morgan fingerprint density at radius 1 is 1.29 bits per heavy atom. The van der Waals surface area contributed by atoms with E-state index in [1.54, 1.807) is 0 Å². The predicted octanol–water partition coefficient (Wildman–Crippen LogP) is 3.04. The van der Waals surface area contributed by atoms with Crippen LogP contribution in [0.4, 0.5) is 0 Å². The van der Waals surface area contributed by atoms with Crippen molar-refractivity contribution in [2.45, 2.75) is 11.9 Å². The van der Waals surface area contributed by atoms with Gasteiger partial charge in [0.05, 0.1) is 11.6 Å². The van der Waals surface area contributed by atoms with Crippen molar-refractivity contribution in [1.29, 1.82) is 0 Å². The van der Waals surface area contributed by atoms with Gasteiger partial charge in [-0.15, -0.1) is 0 Å². The van der Waals surface area contributed by atoms with Crippen LogP contribution in [-0.4, -0.2) is 25.6 Å². The first kappa shape index (κ1) is 11.5. The van der Waals surface area contributed by atoms with Crippen molar-refractivity contribution in [2.24, 2.45) is 0 Å². The van der Waals surface area contributed by atoms with Gasteiger partial charge >= 0.3 is 0 Å². The highest BCUT2D eigenvalue weighted by molar-refractivity contribution is 9.09. The van der Waals surface area contributed by atoms with Crippen LogP contribution in [-0.2, 0) is 0 Å². The fraction of sp³-hybridized carbons (Fsp3) is 0.455.